The van der Waals surface area contributed by atoms with Crippen LogP contribution >= 0.6 is 37.2 Å². The monoisotopic (exact) mass is 489 g/mol. The number of likely N-dealkylation sites (N-methyl/N-ethyl adjacent to an activating group) is 1. The minimum Gasteiger partial charge on any atom is -0.321 e. The summed E-state index contributed by atoms with van der Waals surface area (Å²) in [4.78, 5) is 4.91. The standard InChI is InChI=1S/C24H32FN3.3ClH/c1-27-12-14-28(15-13-27)18-20-7-4-6-19(16-20)17-21-8-5-11-24(21,26)22-9-2-3-10-23(22)25;;;/h2-4,6-7,9-10,16,21H,5,8,11-15,17-18,26H2,1H3;3*1H. The van der Waals surface area contributed by atoms with Crippen molar-refractivity contribution in [1.29, 1.82) is 0 Å². The second kappa shape index (κ2) is 12.4. The Morgan fingerprint density at radius 3 is 2.35 bits per heavy atom. The van der Waals surface area contributed by atoms with Crippen LogP contribution in [0.2, 0.25) is 0 Å². The van der Waals surface area contributed by atoms with Crippen LogP contribution in [-0.4, -0.2) is 43.0 Å². The lowest BCUT2D eigenvalue weighted by molar-refractivity contribution is 0.148. The third-order valence-electron chi connectivity index (χ3n) is 6.72. The van der Waals surface area contributed by atoms with Crippen LogP contribution in [0.3, 0.4) is 0 Å². The largest absolute Gasteiger partial charge is 0.321 e. The number of rotatable bonds is 5. The number of hydrogen-bond acceptors (Lipinski definition) is 3. The van der Waals surface area contributed by atoms with Gasteiger partial charge in [0, 0.05) is 43.8 Å². The Labute approximate surface area is 204 Å². The molecule has 7 heteroatoms. The predicted octanol–water partition coefficient (Wildman–Crippen LogP) is 5.04. The van der Waals surface area contributed by atoms with Gasteiger partial charge in [-0.15, -0.1) is 37.2 Å². The van der Waals surface area contributed by atoms with Crippen molar-refractivity contribution >= 4 is 37.2 Å². The first-order valence-electron chi connectivity index (χ1n) is 10.6. The van der Waals surface area contributed by atoms with Crippen LogP contribution in [0.15, 0.2) is 48.5 Å². The van der Waals surface area contributed by atoms with E-state index in [1.165, 1.54) is 17.2 Å². The molecule has 1 aliphatic carbocycles. The van der Waals surface area contributed by atoms with E-state index >= 15 is 0 Å². The normalized spacial score (nSPS) is 24.0. The van der Waals surface area contributed by atoms with Gasteiger partial charge >= 0.3 is 0 Å². The molecule has 0 amide bonds. The molecule has 1 saturated carbocycles. The molecule has 2 aromatic rings. The zero-order valence-corrected chi connectivity index (χ0v) is 20.6. The van der Waals surface area contributed by atoms with Crippen molar-refractivity contribution in [3.05, 3.63) is 71.0 Å². The molecule has 2 aromatic carbocycles. The van der Waals surface area contributed by atoms with E-state index in [0.29, 0.717) is 5.56 Å². The van der Waals surface area contributed by atoms with Crippen LogP contribution in [-0.2, 0) is 18.5 Å². The maximum absolute atomic E-state index is 14.5. The molecule has 2 fully saturated rings. The topological polar surface area (TPSA) is 32.5 Å². The minimum atomic E-state index is -0.557. The van der Waals surface area contributed by atoms with Gasteiger partial charge in [0.25, 0.3) is 0 Å². The van der Waals surface area contributed by atoms with E-state index in [1.807, 2.05) is 12.1 Å². The Balaban J connectivity index is 0.00000160. The molecule has 1 aliphatic heterocycles. The summed E-state index contributed by atoms with van der Waals surface area (Å²) < 4.78 is 14.5. The van der Waals surface area contributed by atoms with Gasteiger partial charge in [-0.05, 0) is 49.4 Å². The molecule has 2 unspecified atom stereocenters. The summed E-state index contributed by atoms with van der Waals surface area (Å²) >= 11 is 0. The molecule has 4 rings (SSSR count). The van der Waals surface area contributed by atoms with E-state index in [1.54, 1.807) is 6.07 Å². The lowest BCUT2D eigenvalue weighted by Crippen LogP contribution is -2.43. The highest BCUT2D eigenvalue weighted by Gasteiger charge is 2.42. The third-order valence-corrected chi connectivity index (χ3v) is 6.72. The van der Waals surface area contributed by atoms with Crippen molar-refractivity contribution in [2.24, 2.45) is 11.7 Å². The molecule has 31 heavy (non-hydrogen) atoms. The summed E-state index contributed by atoms with van der Waals surface area (Å²) in [6, 6.07) is 16.0. The van der Waals surface area contributed by atoms with Crippen molar-refractivity contribution in [3.63, 3.8) is 0 Å². The Bertz CT molecular complexity index is 814. The second-order valence-corrected chi connectivity index (χ2v) is 8.71. The maximum Gasteiger partial charge on any atom is 0.128 e. The van der Waals surface area contributed by atoms with Crippen molar-refractivity contribution in [1.82, 2.24) is 9.80 Å². The van der Waals surface area contributed by atoms with Crippen LogP contribution in [0.4, 0.5) is 4.39 Å². The Hall–Kier alpha value is -0.880. The number of piperazine rings is 1. The third kappa shape index (κ3) is 6.56. The summed E-state index contributed by atoms with van der Waals surface area (Å²) in [6.07, 6.45) is 3.91. The molecule has 0 radical (unpaired) electrons. The van der Waals surface area contributed by atoms with Gasteiger partial charge in [0.1, 0.15) is 5.82 Å². The molecular formula is C24H35Cl3FN3. The molecule has 1 heterocycles. The lowest BCUT2D eigenvalue weighted by Gasteiger charge is -2.33. The smallest absolute Gasteiger partial charge is 0.128 e. The molecule has 0 spiro atoms. The molecule has 3 nitrogen and oxygen atoms in total. The van der Waals surface area contributed by atoms with Crippen LogP contribution < -0.4 is 5.73 Å². The fourth-order valence-electron chi connectivity index (χ4n) is 4.98. The molecule has 0 bridgehead atoms. The van der Waals surface area contributed by atoms with Gasteiger partial charge in [-0.25, -0.2) is 4.39 Å². The summed E-state index contributed by atoms with van der Waals surface area (Å²) in [5.41, 5.74) is 9.64. The molecule has 2 N–H and O–H groups in total. The number of nitrogens with two attached hydrogens (primary N) is 1. The summed E-state index contributed by atoms with van der Waals surface area (Å²) in [6.45, 7) is 5.54. The highest BCUT2D eigenvalue weighted by atomic mass is 35.5. The van der Waals surface area contributed by atoms with E-state index in [-0.39, 0.29) is 49.0 Å². The molecule has 1 saturated heterocycles. The SMILES string of the molecule is CN1CCN(Cc2cccc(CC3CCCC3(N)c3ccccc3F)c2)CC1.Cl.Cl.Cl. The van der Waals surface area contributed by atoms with Gasteiger partial charge in [0.2, 0.25) is 0 Å². The molecule has 174 valence electrons. The van der Waals surface area contributed by atoms with E-state index in [9.17, 15) is 4.39 Å². The minimum absolute atomic E-state index is 0. The van der Waals surface area contributed by atoms with Gasteiger partial charge < -0.3 is 10.6 Å². The Morgan fingerprint density at radius 1 is 0.968 bits per heavy atom. The van der Waals surface area contributed by atoms with E-state index in [0.717, 1.165) is 58.4 Å². The summed E-state index contributed by atoms with van der Waals surface area (Å²) in [7, 11) is 2.19. The number of benzene rings is 2. The molecule has 0 aromatic heterocycles. The molecular weight excluding hydrogens is 456 g/mol. The average Bonchev–Trinajstić information content (AvgIpc) is 3.05. The maximum atomic E-state index is 14.5. The molecule has 2 aliphatic rings. The van der Waals surface area contributed by atoms with Crippen molar-refractivity contribution in [2.45, 2.75) is 37.8 Å². The van der Waals surface area contributed by atoms with Crippen molar-refractivity contribution < 1.29 is 4.39 Å². The Kier molecular flexibility index (Phi) is 11.2. The fraction of sp³-hybridized carbons (Fsp3) is 0.500. The zero-order valence-electron chi connectivity index (χ0n) is 18.1. The van der Waals surface area contributed by atoms with E-state index in [4.69, 9.17) is 5.73 Å². The first-order valence-corrected chi connectivity index (χ1v) is 10.6. The highest BCUT2D eigenvalue weighted by molar-refractivity contribution is 5.86. The number of hydrogen-bond donors (Lipinski definition) is 1. The van der Waals surface area contributed by atoms with Crippen LogP contribution in [0.1, 0.15) is 36.0 Å². The number of nitrogens with zero attached hydrogens (tertiary/aromatic N) is 2. The summed E-state index contributed by atoms with van der Waals surface area (Å²) in [5.74, 6) is 0.115. The van der Waals surface area contributed by atoms with Crippen molar-refractivity contribution in [3.8, 4) is 0 Å². The quantitative estimate of drug-likeness (QED) is 0.637. The molecule has 2 atom stereocenters. The van der Waals surface area contributed by atoms with Gasteiger partial charge in [-0.3, -0.25) is 4.90 Å². The Morgan fingerprint density at radius 2 is 1.65 bits per heavy atom. The van der Waals surface area contributed by atoms with Crippen molar-refractivity contribution in [2.75, 3.05) is 33.2 Å². The van der Waals surface area contributed by atoms with Gasteiger partial charge in [0.05, 0.1) is 0 Å². The average molecular weight is 491 g/mol. The van der Waals surface area contributed by atoms with Crippen LogP contribution in [0.5, 0.6) is 0 Å². The van der Waals surface area contributed by atoms with Gasteiger partial charge in [-0.1, -0.05) is 48.9 Å². The first kappa shape index (κ1) is 28.2. The zero-order chi connectivity index (χ0) is 19.6. The van der Waals surface area contributed by atoms with E-state index < -0.39 is 5.54 Å². The predicted molar refractivity (Wildman–Crippen MR) is 134 cm³/mol. The highest BCUT2D eigenvalue weighted by Crippen LogP contribution is 2.44. The summed E-state index contributed by atoms with van der Waals surface area (Å²) in [5, 5.41) is 0. The van der Waals surface area contributed by atoms with Crippen LogP contribution in [0, 0.1) is 11.7 Å². The first-order chi connectivity index (χ1) is 13.5. The number of halogens is 4. The second-order valence-electron chi connectivity index (χ2n) is 8.71. The van der Waals surface area contributed by atoms with Gasteiger partial charge in [-0.2, -0.15) is 0 Å². The van der Waals surface area contributed by atoms with E-state index in [2.05, 4.69) is 41.1 Å². The lowest BCUT2D eigenvalue weighted by atomic mass is 9.78. The fourth-order valence-corrected chi connectivity index (χ4v) is 4.98. The van der Waals surface area contributed by atoms with Gasteiger partial charge in [0.15, 0.2) is 0 Å². The van der Waals surface area contributed by atoms with Crippen LogP contribution in [0.25, 0.3) is 0 Å².